The van der Waals surface area contributed by atoms with Gasteiger partial charge in [-0.25, -0.2) is 0 Å². The van der Waals surface area contributed by atoms with Crippen LogP contribution < -0.4 is 19.1 Å². The number of ketones is 1. The molecule has 0 spiro atoms. The summed E-state index contributed by atoms with van der Waals surface area (Å²) in [6, 6.07) is 16.3. The number of carbonyl (C=O) groups excluding carboxylic acids is 2. The van der Waals surface area contributed by atoms with Crippen molar-refractivity contribution in [1.29, 1.82) is 0 Å². The van der Waals surface area contributed by atoms with Crippen LogP contribution in [0.4, 0.5) is 18.9 Å². The highest BCUT2D eigenvalue weighted by atomic mass is 19.4. The number of aliphatic hydroxyl groups is 1. The van der Waals surface area contributed by atoms with Gasteiger partial charge in [0.15, 0.2) is 0 Å². The van der Waals surface area contributed by atoms with Crippen LogP contribution in [0.1, 0.15) is 17.2 Å². The van der Waals surface area contributed by atoms with Crippen molar-refractivity contribution >= 4 is 23.1 Å². The summed E-state index contributed by atoms with van der Waals surface area (Å²) in [5.74, 6) is -1.73. The van der Waals surface area contributed by atoms with Gasteiger partial charge in [-0.3, -0.25) is 14.5 Å². The maximum atomic E-state index is 13.2. The van der Waals surface area contributed by atoms with Gasteiger partial charge in [0.25, 0.3) is 11.7 Å². The number of Topliss-reactive ketones (excluding diaryl/α,β-unsaturated/α-hetero) is 1. The van der Waals surface area contributed by atoms with Crippen molar-refractivity contribution < 1.29 is 42.1 Å². The second-order valence-electron chi connectivity index (χ2n) is 7.71. The molecule has 4 rings (SSSR count). The van der Waals surface area contributed by atoms with E-state index in [0.717, 1.165) is 17.0 Å². The van der Waals surface area contributed by atoms with Gasteiger partial charge in [-0.2, -0.15) is 0 Å². The number of benzene rings is 3. The number of methoxy groups -OCH3 is 2. The monoisotopic (exact) mass is 499 g/mol. The molecule has 1 fully saturated rings. The van der Waals surface area contributed by atoms with Gasteiger partial charge in [0, 0.05) is 11.3 Å². The van der Waals surface area contributed by atoms with Crippen molar-refractivity contribution in [3.8, 4) is 17.2 Å². The number of alkyl halides is 3. The highest BCUT2D eigenvalue weighted by Crippen LogP contribution is 2.43. The molecule has 3 aromatic rings. The smallest absolute Gasteiger partial charge is 0.507 e. The van der Waals surface area contributed by atoms with E-state index in [1.54, 1.807) is 36.4 Å². The Morgan fingerprint density at radius 2 is 1.31 bits per heavy atom. The maximum absolute atomic E-state index is 13.2. The molecule has 3 aromatic carbocycles. The van der Waals surface area contributed by atoms with E-state index in [2.05, 4.69) is 4.74 Å². The van der Waals surface area contributed by atoms with E-state index in [4.69, 9.17) is 9.47 Å². The third kappa shape index (κ3) is 4.83. The van der Waals surface area contributed by atoms with Gasteiger partial charge in [0.2, 0.25) is 0 Å². The number of aliphatic hydroxyl groups excluding tert-OH is 1. The number of amides is 1. The zero-order valence-electron chi connectivity index (χ0n) is 19.1. The Balaban J connectivity index is 1.84. The molecule has 0 aromatic heterocycles. The van der Waals surface area contributed by atoms with E-state index >= 15 is 0 Å². The van der Waals surface area contributed by atoms with Crippen LogP contribution in [0.15, 0.2) is 78.4 Å². The standard InChI is InChI=1S/C26H20F3NO6/c1-34-18-9-3-15(4-10-18)22-21(23(31)16-5-11-19(35-2)12-6-16)24(32)25(33)30(22)17-7-13-20(14-8-17)36-26(27,28)29/h3-14,22,31H,1-2H3/b23-21+. The van der Waals surface area contributed by atoms with E-state index in [9.17, 15) is 27.9 Å². The van der Waals surface area contributed by atoms with Crippen LogP contribution in [0.25, 0.3) is 5.76 Å². The molecule has 1 atom stereocenters. The van der Waals surface area contributed by atoms with Crippen molar-refractivity contribution in [2.75, 3.05) is 19.1 Å². The summed E-state index contributed by atoms with van der Waals surface area (Å²) in [7, 11) is 2.96. The van der Waals surface area contributed by atoms with Crippen molar-refractivity contribution in [3.05, 3.63) is 89.5 Å². The first-order valence-corrected chi connectivity index (χ1v) is 10.6. The summed E-state index contributed by atoms with van der Waals surface area (Å²) < 4.78 is 51.9. The predicted molar refractivity (Wildman–Crippen MR) is 124 cm³/mol. The normalized spacial score (nSPS) is 17.2. The fraction of sp³-hybridized carbons (Fsp3) is 0.154. The van der Waals surface area contributed by atoms with Crippen molar-refractivity contribution in [3.63, 3.8) is 0 Å². The van der Waals surface area contributed by atoms with Gasteiger partial charge < -0.3 is 19.3 Å². The molecular weight excluding hydrogens is 479 g/mol. The van der Waals surface area contributed by atoms with Gasteiger partial charge in [0.1, 0.15) is 23.0 Å². The molecule has 1 aliphatic heterocycles. The van der Waals surface area contributed by atoms with Gasteiger partial charge in [-0.1, -0.05) is 12.1 Å². The fourth-order valence-corrected chi connectivity index (χ4v) is 3.91. The lowest BCUT2D eigenvalue weighted by atomic mass is 9.95. The number of hydrogen-bond acceptors (Lipinski definition) is 6. The zero-order chi connectivity index (χ0) is 26.0. The topological polar surface area (TPSA) is 85.3 Å². The van der Waals surface area contributed by atoms with E-state index < -0.39 is 35.6 Å². The Morgan fingerprint density at radius 1 is 0.806 bits per heavy atom. The second kappa shape index (κ2) is 9.65. The highest BCUT2D eigenvalue weighted by Gasteiger charge is 2.47. The fourth-order valence-electron chi connectivity index (χ4n) is 3.91. The van der Waals surface area contributed by atoms with Crippen LogP contribution >= 0.6 is 0 Å². The van der Waals surface area contributed by atoms with E-state index in [1.165, 1.54) is 38.5 Å². The predicted octanol–water partition coefficient (Wildman–Crippen LogP) is 5.23. The quantitative estimate of drug-likeness (QED) is 0.284. The largest absolute Gasteiger partial charge is 0.573 e. The molecule has 36 heavy (non-hydrogen) atoms. The molecule has 1 heterocycles. The summed E-state index contributed by atoms with van der Waals surface area (Å²) >= 11 is 0. The van der Waals surface area contributed by atoms with E-state index in [0.29, 0.717) is 17.1 Å². The molecule has 7 nitrogen and oxygen atoms in total. The minimum absolute atomic E-state index is 0.140. The molecule has 0 aliphatic carbocycles. The molecule has 1 saturated heterocycles. The summed E-state index contributed by atoms with van der Waals surface area (Å²) in [5.41, 5.74) is 0.717. The van der Waals surface area contributed by atoms with Crippen LogP contribution in [0, 0.1) is 0 Å². The number of halogens is 3. The van der Waals surface area contributed by atoms with Crippen LogP contribution in [-0.2, 0) is 9.59 Å². The van der Waals surface area contributed by atoms with Gasteiger partial charge in [-0.05, 0) is 66.2 Å². The van der Waals surface area contributed by atoms with Gasteiger partial charge in [-0.15, -0.1) is 13.2 Å². The third-order valence-corrected chi connectivity index (χ3v) is 5.59. The second-order valence-corrected chi connectivity index (χ2v) is 7.71. The molecule has 1 amide bonds. The summed E-state index contributed by atoms with van der Waals surface area (Å²) in [6.07, 6.45) is -4.88. The maximum Gasteiger partial charge on any atom is 0.573 e. The number of ether oxygens (including phenoxy) is 3. The minimum Gasteiger partial charge on any atom is -0.507 e. The molecule has 186 valence electrons. The number of anilines is 1. The Bertz CT molecular complexity index is 1300. The first-order chi connectivity index (χ1) is 17.1. The van der Waals surface area contributed by atoms with Crippen molar-refractivity contribution in [1.82, 2.24) is 0 Å². The molecule has 1 aliphatic rings. The van der Waals surface area contributed by atoms with Crippen LogP contribution in [-0.4, -0.2) is 37.4 Å². The SMILES string of the molecule is COc1ccc(/C(O)=C2\C(=O)C(=O)N(c3ccc(OC(F)(F)F)cc3)C2c2ccc(OC)cc2)cc1. The average molecular weight is 499 g/mol. The van der Waals surface area contributed by atoms with Crippen LogP contribution in [0.5, 0.6) is 17.2 Å². The molecule has 10 heteroatoms. The van der Waals surface area contributed by atoms with Crippen molar-refractivity contribution in [2.45, 2.75) is 12.4 Å². The number of nitrogens with zero attached hydrogens (tertiary/aromatic N) is 1. The molecule has 0 bridgehead atoms. The first kappa shape index (κ1) is 24.6. The summed E-state index contributed by atoms with van der Waals surface area (Å²) in [6.45, 7) is 0. The van der Waals surface area contributed by atoms with Gasteiger partial charge in [0.05, 0.1) is 25.8 Å². The Labute approximate surface area is 203 Å². The highest BCUT2D eigenvalue weighted by molar-refractivity contribution is 6.51. The lowest BCUT2D eigenvalue weighted by Crippen LogP contribution is -2.29. The van der Waals surface area contributed by atoms with Crippen molar-refractivity contribution in [2.24, 2.45) is 0 Å². The lowest BCUT2D eigenvalue weighted by Gasteiger charge is -2.25. The number of carbonyl (C=O) groups is 2. The zero-order valence-corrected chi connectivity index (χ0v) is 19.1. The molecule has 0 radical (unpaired) electrons. The number of hydrogen-bond donors (Lipinski definition) is 1. The number of rotatable bonds is 6. The van der Waals surface area contributed by atoms with Crippen LogP contribution in [0.3, 0.4) is 0 Å². The first-order valence-electron chi connectivity index (χ1n) is 10.6. The summed E-state index contributed by atoms with van der Waals surface area (Å²) in [5, 5.41) is 11.1. The van der Waals surface area contributed by atoms with Crippen LogP contribution in [0.2, 0.25) is 0 Å². The van der Waals surface area contributed by atoms with E-state index in [1.807, 2.05) is 0 Å². The Hall–Kier alpha value is -4.47. The average Bonchev–Trinajstić information content (AvgIpc) is 3.13. The van der Waals surface area contributed by atoms with Gasteiger partial charge >= 0.3 is 6.36 Å². The van der Waals surface area contributed by atoms with E-state index in [-0.39, 0.29) is 16.8 Å². The molecule has 0 saturated carbocycles. The lowest BCUT2D eigenvalue weighted by molar-refractivity contribution is -0.274. The minimum atomic E-state index is -4.88. The Kier molecular flexibility index (Phi) is 6.61. The summed E-state index contributed by atoms with van der Waals surface area (Å²) in [4.78, 5) is 27.4. The third-order valence-electron chi connectivity index (χ3n) is 5.59. The molecule has 1 unspecified atom stereocenters. The molecular formula is C26H20F3NO6. The molecule has 1 N–H and O–H groups in total. The Morgan fingerprint density at radius 3 is 1.81 bits per heavy atom.